The number of carboxylic acid groups (broad SMARTS) is 1. The summed E-state index contributed by atoms with van der Waals surface area (Å²) in [6, 6.07) is 8.24. The van der Waals surface area contributed by atoms with Gasteiger partial charge in [-0.05, 0) is 86.7 Å². The third-order valence-electron chi connectivity index (χ3n) is 6.22. The summed E-state index contributed by atoms with van der Waals surface area (Å²) in [4.78, 5) is 10.6. The number of allylic oxidation sites excluding steroid dienone is 2. The van der Waals surface area contributed by atoms with Gasteiger partial charge in [-0.15, -0.1) is 0 Å². The molecule has 2 aliphatic heterocycles. The Morgan fingerprint density at radius 2 is 1.97 bits per heavy atom. The van der Waals surface area contributed by atoms with Crippen LogP contribution in [0.2, 0.25) is 0 Å². The number of nitrogens with one attached hydrogen (secondary N) is 1. The van der Waals surface area contributed by atoms with Crippen LogP contribution in [0.4, 0.5) is 5.69 Å². The lowest BCUT2D eigenvalue weighted by Gasteiger charge is -2.27. The van der Waals surface area contributed by atoms with Crippen molar-refractivity contribution in [1.82, 2.24) is 0 Å². The van der Waals surface area contributed by atoms with Crippen LogP contribution in [0.15, 0.2) is 36.4 Å². The number of carboxylic acids is 1. The zero-order chi connectivity index (χ0) is 21.3. The number of carbonyl (C=O) groups is 1. The molecule has 2 fully saturated rings. The third-order valence-corrected chi connectivity index (χ3v) is 6.44. The molecule has 2 saturated heterocycles. The van der Waals surface area contributed by atoms with Crippen LogP contribution in [0.5, 0.6) is 0 Å². The minimum atomic E-state index is -0.727. The number of ether oxygens (including phenoxy) is 2. The van der Waals surface area contributed by atoms with Gasteiger partial charge in [0.05, 0.1) is 18.8 Å². The maximum Gasteiger partial charge on any atom is 0.303 e. The Morgan fingerprint density at radius 3 is 2.67 bits per heavy atom. The van der Waals surface area contributed by atoms with E-state index >= 15 is 0 Å². The molecule has 2 bridgehead atoms. The van der Waals surface area contributed by atoms with Gasteiger partial charge in [0.1, 0.15) is 0 Å². The van der Waals surface area contributed by atoms with E-state index < -0.39 is 5.97 Å². The molecule has 2 heterocycles. The maximum absolute atomic E-state index is 10.6. The van der Waals surface area contributed by atoms with Gasteiger partial charge in [-0.25, -0.2) is 0 Å². The Hall–Kier alpha value is -1.92. The molecule has 164 valence electrons. The van der Waals surface area contributed by atoms with Crippen molar-refractivity contribution in [1.29, 1.82) is 0 Å². The smallest absolute Gasteiger partial charge is 0.303 e. The second-order valence-corrected chi connectivity index (χ2v) is 8.58. The molecule has 30 heavy (non-hydrogen) atoms. The van der Waals surface area contributed by atoms with Crippen molar-refractivity contribution in [2.24, 2.45) is 11.8 Å². The van der Waals surface area contributed by atoms with Crippen molar-refractivity contribution in [3.8, 4) is 0 Å². The van der Waals surface area contributed by atoms with E-state index in [0.717, 1.165) is 44.2 Å². The Morgan fingerprint density at radius 1 is 1.23 bits per heavy atom. The zero-order valence-corrected chi connectivity index (χ0v) is 18.5. The first-order chi connectivity index (χ1) is 14.6. The van der Waals surface area contributed by atoms with Gasteiger partial charge in [-0.3, -0.25) is 4.79 Å². The fourth-order valence-electron chi connectivity index (χ4n) is 4.60. The Kier molecular flexibility index (Phi) is 8.70. The minimum Gasteiger partial charge on any atom is -0.481 e. The van der Waals surface area contributed by atoms with Crippen molar-refractivity contribution < 1.29 is 19.4 Å². The third kappa shape index (κ3) is 6.54. The fraction of sp³-hybridized carbons (Fsp3) is 0.583. The lowest BCUT2D eigenvalue weighted by atomic mass is 9.76. The van der Waals surface area contributed by atoms with Gasteiger partial charge < -0.3 is 19.9 Å². The van der Waals surface area contributed by atoms with Crippen molar-refractivity contribution in [2.45, 2.75) is 70.5 Å². The molecule has 2 N–H and O–H groups in total. The van der Waals surface area contributed by atoms with E-state index in [2.05, 4.69) is 36.5 Å². The summed E-state index contributed by atoms with van der Waals surface area (Å²) in [5, 5.41) is 12.3. The summed E-state index contributed by atoms with van der Waals surface area (Å²) in [6.45, 7) is 2.73. The van der Waals surface area contributed by atoms with Gasteiger partial charge in [0.2, 0.25) is 0 Å². The van der Waals surface area contributed by atoms with Crippen LogP contribution in [0.1, 0.15) is 57.4 Å². The van der Waals surface area contributed by atoms with Gasteiger partial charge in [0.15, 0.2) is 0 Å². The molecular weight excluding hydrogens is 398 g/mol. The van der Waals surface area contributed by atoms with Crippen LogP contribution in [-0.2, 0) is 20.7 Å². The number of hydrogen-bond donors (Lipinski definition) is 2. The largest absolute Gasteiger partial charge is 0.481 e. The van der Waals surface area contributed by atoms with Crippen LogP contribution in [0.3, 0.4) is 0 Å². The van der Waals surface area contributed by atoms with E-state index in [1.165, 1.54) is 5.56 Å². The first-order valence-corrected chi connectivity index (χ1v) is 11.5. The van der Waals surface area contributed by atoms with Gasteiger partial charge in [-0.1, -0.05) is 31.2 Å². The molecule has 0 saturated carbocycles. The quantitative estimate of drug-likeness (QED) is 0.280. The average Bonchev–Trinajstić information content (AvgIpc) is 3.33. The SMILES string of the molecule is CCc1ccc(NC(=S)OCC[C@@H]2[C@@H](C/C=C\CCCC(=O)O)[C@H]3CC[C@@H]2O3)cc1. The van der Waals surface area contributed by atoms with E-state index in [4.69, 9.17) is 26.8 Å². The van der Waals surface area contributed by atoms with E-state index in [-0.39, 0.29) is 6.42 Å². The summed E-state index contributed by atoms with van der Waals surface area (Å²) < 4.78 is 12.0. The standard InChI is InChI=1S/C24H33NO4S/c1-2-17-9-11-18(12-10-17)25-24(30)28-16-15-20-19(21-13-14-22(20)29-21)7-5-3-4-6-8-23(26)27/h3,5,9-12,19-22H,2,4,6-8,13-16H2,1H3,(H,25,30)(H,26,27)/b5-3-/t19-,20-,21-,22+/m1/s1. The number of thiocarbonyl (C=S) groups is 1. The van der Waals surface area contributed by atoms with E-state index in [9.17, 15) is 4.79 Å². The number of benzene rings is 1. The lowest BCUT2D eigenvalue weighted by Crippen LogP contribution is -2.28. The Balaban J connectivity index is 1.40. The van der Waals surface area contributed by atoms with Crippen molar-refractivity contribution in [3.63, 3.8) is 0 Å². The number of aliphatic carboxylic acids is 1. The van der Waals surface area contributed by atoms with Crippen LogP contribution < -0.4 is 5.32 Å². The lowest BCUT2D eigenvalue weighted by molar-refractivity contribution is -0.137. The van der Waals surface area contributed by atoms with Crippen LogP contribution >= 0.6 is 12.2 Å². The van der Waals surface area contributed by atoms with Crippen LogP contribution in [-0.4, -0.2) is 35.1 Å². The Bertz CT molecular complexity index is 733. The monoisotopic (exact) mass is 431 g/mol. The predicted octanol–water partition coefficient (Wildman–Crippen LogP) is 5.35. The number of fused-ring (bicyclic) bond motifs is 2. The second kappa shape index (κ2) is 11.5. The summed E-state index contributed by atoms with van der Waals surface area (Å²) in [5.74, 6) is 0.292. The summed E-state index contributed by atoms with van der Waals surface area (Å²) in [6.07, 6.45) is 12.0. The molecule has 0 aromatic heterocycles. The molecular formula is C24H33NO4S. The minimum absolute atomic E-state index is 0.234. The first-order valence-electron chi connectivity index (χ1n) is 11.1. The first kappa shape index (κ1) is 22.8. The van der Waals surface area contributed by atoms with E-state index in [0.29, 0.717) is 42.2 Å². The molecule has 0 unspecified atom stereocenters. The Labute approximate surface area is 184 Å². The highest BCUT2D eigenvalue weighted by molar-refractivity contribution is 7.80. The molecule has 5 nitrogen and oxygen atoms in total. The highest BCUT2D eigenvalue weighted by atomic mass is 32.1. The van der Waals surface area contributed by atoms with Gasteiger partial charge in [-0.2, -0.15) is 0 Å². The molecule has 4 atom stereocenters. The molecule has 2 aliphatic rings. The van der Waals surface area contributed by atoms with E-state index in [1.54, 1.807) is 0 Å². The highest BCUT2D eigenvalue weighted by Crippen LogP contribution is 2.46. The highest BCUT2D eigenvalue weighted by Gasteiger charge is 2.47. The molecule has 0 aliphatic carbocycles. The van der Waals surface area contributed by atoms with Crippen LogP contribution in [0, 0.1) is 11.8 Å². The number of hydrogen-bond acceptors (Lipinski definition) is 4. The number of anilines is 1. The molecule has 1 aromatic rings. The van der Waals surface area contributed by atoms with Crippen molar-refractivity contribution >= 4 is 29.0 Å². The molecule has 0 spiro atoms. The fourth-order valence-corrected chi connectivity index (χ4v) is 4.81. The number of aryl methyl sites for hydroxylation is 1. The maximum atomic E-state index is 10.6. The second-order valence-electron chi connectivity index (χ2n) is 8.21. The molecule has 6 heteroatoms. The average molecular weight is 432 g/mol. The van der Waals surface area contributed by atoms with Gasteiger partial charge >= 0.3 is 5.97 Å². The van der Waals surface area contributed by atoms with Gasteiger partial charge in [0, 0.05) is 12.1 Å². The predicted molar refractivity (Wildman–Crippen MR) is 123 cm³/mol. The zero-order valence-electron chi connectivity index (χ0n) is 17.7. The molecule has 0 radical (unpaired) electrons. The summed E-state index contributed by atoms with van der Waals surface area (Å²) in [7, 11) is 0. The van der Waals surface area contributed by atoms with Crippen molar-refractivity contribution in [3.05, 3.63) is 42.0 Å². The van der Waals surface area contributed by atoms with E-state index in [1.807, 2.05) is 12.1 Å². The summed E-state index contributed by atoms with van der Waals surface area (Å²) >= 11 is 5.34. The molecule has 3 rings (SSSR count). The summed E-state index contributed by atoms with van der Waals surface area (Å²) in [5.41, 5.74) is 2.25. The van der Waals surface area contributed by atoms with Gasteiger partial charge in [0.25, 0.3) is 5.17 Å². The number of unbranched alkanes of at least 4 members (excludes halogenated alkanes) is 1. The number of rotatable bonds is 11. The van der Waals surface area contributed by atoms with Crippen LogP contribution in [0.25, 0.3) is 0 Å². The molecule has 0 amide bonds. The molecule has 1 aromatic carbocycles. The topological polar surface area (TPSA) is 67.8 Å². The van der Waals surface area contributed by atoms with Crippen molar-refractivity contribution in [2.75, 3.05) is 11.9 Å². The normalized spacial score (nSPS) is 25.0.